The molecule has 0 heterocycles. The summed E-state index contributed by atoms with van der Waals surface area (Å²) in [6.45, 7) is 3.41. The maximum Gasteiger partial charge on any atom is 0.240 e. The molecule has 0 saturated carbocycles. The van der Waals surface area contributed by atoms with E-state index in [4.69, 9.17) is 10.8 Å². The number of nitrogens with two attached hydrogens (primary N) is 1. The molecule has 6 nitrogen and oxygen atoms in total. The minimum absolute atomic E-state index is 0.133. The lowest BCUT2D eigenvalue weighted by Crippen LogP contribution is -2.52. The van der Waals surface area contributed by atoms with Crippen LogP contribution in [0.25, 0.3) is 0 Å². The van der Waals surface area contributed by atoms with Crippen molar-refractivity contribution in [3.63, 3.8) is 0 Å². The van der Waals surface area contributed by atoms with Crippen LogP contribution in [-0.2, 0) is 9.59 Å². The van der Waals surface area contributed by atoms with E-state index < -0.39 is 24.1 Å². The zero-order valence-corrected chi connectivity index (χ0v) is 10.7. The molecular formula is C9H20N3O3P. The van der Waals surface area contributed by atoms with Crippen LogP contribution >= 0.6 is 9.39 Å². The molecule has 0 aliphatic carbocycles. The molecule has 0 radical (unpaired) electrons. The first-order valence-corrected chi connectivity index (χ1v) is 5.65. The Balaban J connectivity index is 4.28. The van der Waals surface area contributed by atoms with Gasteiger partial charge in [-0.3, -0.25) is 9.59 Å². The van der Waals surface area contributed by atoms with Crippen LogP contribution in [0.15, 0.2) is 0 Å². The molecule has 0 aromatic rings. The van der Waals surface area contributed by atoms with E-state index in [0.29, 0.717) is 13.0 Å². The number of ketones is 1. The summed E-state index contributed by atoms with van der Waals surface area (Å²) in [7, 11) is 2.32. The number of carbonyl (C=O) groups excluding carboxylic acids is 2. The Morgan fingerprint density at radius 2 is 2.06 bits per heavy atom. The Morgan fingerprint density at radius 3 is 2.44 bits per heavy atom. The quantitative estimate of drug-likeness (QED) is 0.413. The van der Waals surface area contributed by atoms with Crippen LogP contribution in [0.5, 0.6) is 0 Å². The largest absolute Gasteiger partial charge is 0.391 e. The second-order valence-corrected chi connectivity index (χ2v) is 4.09. The fraction of sp³-hybridized carbons (Fsp3) is 0.778. The summed E-state index contributed by atoms with van der Waals surface area (Å²) in [6, 6.07) is -1.57. The fourth-order valence-electron chi connectivity index (χ4n) is 1.09. The van der Waals surface area contributed by atoms with Gasteiger partial charge in [-0.15, -0.1) is 0 Å². The molecule has 0 bridgehead atoms. The van der Waals surface area contributed by atoms with Crippen molar-refractivity contribution in [3.05, 3.63) is 0 Å². The summed E-state index contributed by atoms with van der Waals surface area (Å²) in [5.74, 6) is -0.648. The Bertz CT molecular complexity index is 248. The molecule has 1 amide bonds. The SMILES string of the molecule is CC(=O)C(CCNP)NC(=O)C(N)C(C)O. The van der Waals surface area contributed by atoms with Gasteiger partial charge in [0.15, 0.2) is 5.78 Å². The third-order valence-electron chi connectivity index (χ3n) is 2.21. The van der Waals surface area contributed by atoms with Gasteiger partial charge < -0.3 is 21.2 Å². The Labute approximate surface area is 97.6 Å². The van der Waals surface area contributed by atoms with E-state index in [0.717, 1.165) is 0 Å². The van der Waals surface area contributed by atoms with Gasteiger partial charge in [-0.2, -0.15) is 0 Å². The second kappa shape index (κ2) is 7.68. The normalized spacial score (nSPS) is 16.3. The molecule has 0 rings (SSSR count). The lowest BCUT2D eigenvalue weighted by atomic mass is 10.1. The van der Waals surface area contributed by atoms with Crippen molar-refractivity contribution in [2.75, 3.05) is 6.54 Å². The number of carbonyl (C=O) groups is 2. The summed E-state index contributed by atoms with van der Waals surface area (Å²) in [5, 5.41) is 14.5. The lowest BCUT2D eigenvalue weighted by Gasteiger charge is -2.20. The second-order valence-electron chi connectivity index (χ2n) is 3.68. The molecule has 0 fully saturated rings. The highest BCUT2D eigenvalue weighted by molar-refractivity contribution is 7.13. The minimum atomic E-state index is -1.01. The number of aliphatic hydroxyl groups is 1. The van der Waals surface area contributed by atoms with Crippen molar-refractivity contribution < 1.29 is 14.7 Å². The smallest absolute Gasteiger partial charge is 0.240 e. The molecule has 0 aliphatic heterocycles. The number of hydrogen-bond donors (Lipinski definition) is 4. The molecule has 0 spiro atoms. The lowest BCUT2D eigenvalue weighted by molar-refractivity contribution is -0.129. The number of hydrogen-bond acceptors (Lipinski definition) is 5. The van der Waals surface area contributed by atoms with Crippen molar-refractivity contribution in [1.82, 2.24) is 10.4 Å². The molecule has 0 aromatic carbocycles. The van der Waals surface area contributed by atoms with Gasteiger partial charge in [-0.25, -0.2) is 0 Å². The molecule has 4 unspecified atom stereocenters. The predicted molar refractivity (Wildman–Crippen MR) is 64.6 cm³/mol. The number of rotatable bonds is 7. The highest BCUT2D eigenvalue weighted by Gasteiger charge is 2.23. The van der Waals surface area contributed by atoms with Gasteiger partial charge in [0.05, 0.1) is 12.1 Å². The Kier molecular flexibility index (Phi) is 7.42. The number of amides is 1. The monoisotopic (exact) mass is 249 g/mol. The van der Waals surface area contributed by atoms with E-state index in [1.165, 1.54) is 13.8 Å². The maximum atomic E-state index is 11.5. The van der Waals surface area contributed by atoms with E-state index in [9.17, 15) is 9.59 Å². The van der Waals surface area contributed by atoms with Gasteiger partial charge in [-0.05, 0) is 20.3 Å². The summed E-state index contributed by atoms with van der Waals surface area (Å²) in [4.78, 5) is 22.7. The van der Waals surface area contributed by atoms with Crippen molar-refractivity contribution in [2.24, 2.45) is 5.73 Å². The van der Waals surface area contributed by atoms with Gasteiger partial charge in [0.2, 0.25) is 5.91 Å². The van der Waals surface area contributed by atoms with Crippen LogP contribution in [0.4, 0.5) is 0 Å². The molecule has 16 heavy (non-hydrogen) atoms. The third-order valence-corrected chi connectivity index (χ3v) is 2.50. The summed E-state index contributed by atoms with van der Waals surface area (Å²) >= 11 is 0. The van der Waals surface area contributed by atoms with Gasteiger partial charge in [0.25, 0.3) is 0 Å². The van der Waals surface area contributed by atoms with Crippen molar-refractivity contribution >= 4 is 21.1 Å². The summed E-state index contributed by atoms with van der Waals surface area (Å²) in [5.41, 5.74) is 5.44. The van der Waals surface area contributed by atoms with E-state index >= 15 is 0 Å². The predicted octanol–water partition coefficient (Wildman–Crippen LogP) is -1.46. The van der Waals surface area contributed by atoms with Crippen LogP contribution < -0.4 is 16.1 Å². The van der Waals surface area contributed by atoms with E-state index in [-0.39, 0.29) is 5.78 Å². The first kappa shape index (κ1) is 15.4. The van der Waals surface area contributed by atoms with Gasteiger partial charge in [-0.1, -0.05) is 9.39 Å². The molecule has 0 saturated heterocycles. The zero-order chi connectivity index (χ0) is 12.7. The van der Waals surface area contributed by atoms with Crippen LogP contribution in [0.3, 0.4) is 0 Å². The first-order valence-electron chi connectivity index (χ1n) is 5.08. The van der Waals surface area contributed by atoms with Crippen LogP contribution in [0.1, 0.15) is 20.3 Å². The molecular weight excluding hydrogens is 229 g/mol. The van der Waals surface area contributed by atoms with Gasteiger partial charge in [0.1, 0.15) is 6.04 Å². The molecule has 94 valence electrons. The van der Waals surface area contributed by atoms with Crippen molar-refractivity contribution in [1.29, 1.82) is 0 Å². The molecule has 4 atom stereocenters. The van der Waals surface area contributed by atoms with Crippen molar-refractivity contribution in [2.45, 2.75) is 38.5 Å². The average molecular weight is 249 g/mol. The van der Waals surface area contributed by atoms with Crippen LogP contribution in [0.2, 0.25) is 0 Å². The maximum absolute atomic E-state index is 11.5. The van der Waals surface area contributed by atoms with E-state index in [1.807, 2.05) is 0 Å². The Morgan fingerprint density at radius 1 is 1.50 bits per heavy atom. The Hall–Kier alpha value is -0.550. The number of Topliss-reactive ketones (excluding diaryl/α,β-unsaturated/α-hetero) is 1. The van der Waals surface area contributed by atoms with Gasteiger partial charge in [0, 0.05) is 6.54 Å². The number of nitrogens with one attached hydrogen (secondary N) is 2. The average Bonchev–Trinajstić information content (AvgIpc) is 2.21. The summed E-state index contributed by atoms with van der Waals surface area (Å²) < 4.78 is 0. The van der Waals surface area contributed by atoms with Crippen LogP contribution in [-0.4, -0.2) is 41.5 Å². The highest BCUT2D eigenvalue weighted by atomic mass is 31.0. The molecule has 0 aliphatic rings. The minimum Gasteiger partial charge on any atom is -0.391 e. The molecule has 7 heteroatoms. The first-order chi connectivity index (χ1) is 7.40. The molecule has 5 N–H and O–H groups in total. The third kappa shape index (κ3) is 5.51. The standard InChI is InChI=1S/C9H20N3O3P/c1-5(13)7(3-4-11-16)12-9(15)8(10)6(2)14/h6-8,11,14H,3-4,10,16H2,1-2H3,(H,12,15). The van der Waals surface area contributed by atoms with Gasteiger partial charge >= 0.3 is 0 Å². The number of aliphatic hydroxyl groups excluding tert-OH is 1. The fourth-order valence-corrected chi connectivity index (χ4v) is 1.26. The van der Waals surface area contributed by atoms with E-state index in [1.54, 1.807) is 0 Å². The van der Waals surface area contributed by atoms with E-state index in [2.05, 4.69) is 19.8 Å². The van der Waals surface area contributed by atoms with Crippen LogP contribution in [0, 0.1) is 0 Å². The topological polar surface area (TPSA) is 104 Å². The highest BCUT2D eigenvalue weighted by Crippen LogP contribution is 1.96. The zero-order valence-electron chi connectivity index (χ0n) is 9.56. The molecule has 0 aromatic heterocycles. The van der Waals surface area contributed by atoms with Crippen molar-refractivity contribution in [3.8, 4) is 0 Å². The summed E-state index contributed by atoms with van der Waals surface area (Å²) in [6.07, 6.45) is -0.454.